The molecular formula is C24H23F2N3O2. The molecule has 0 bridgehead atoms. The van der Waals surface area contributed by atoms with Gasteiger partial charge in [0.25, 0.3) is 0 Å². The third kappa shape index (κ3) is 4.27. The Kier molecular flexibility index (Phi) is 5.95. The van der Waals surface area contributed by atoms with E-state index in [0.717, 1.165) is 13.1 Å². The number of piperazine rings is 1. The second-order valence-electron chi connectivity index (χ2n) is 7.46. The van der Waals surface area contributed by atoms with Crippen LogP contribution >= 0.6 is 0 Å². The third-order valence-corrected chi connectivity index (χ3v) is 5.51. The summed E-state index contributed by atoms with van der Waals surface area (Å²) in [5.74, 6) is -1.32. The van der Waals surface area contributed by atoms with Gasteiger partial charge in [0.2, 0.25) is 5.43 Å². The number of pyridine rings is 1. The van der Waals surface area contributed by atoms with Gasteiger partial charge in [0, 0.05) is 44.3 Å². The molecule has 1 N–H and O–H groups in total. The molecule has 1 fully saturated rings. The van der Waals surface area contributed by atoms with E-state index in [1.54, 1.807) is 10.6 Å². The summed E-state index contributed by atoms with van der Waals surface area (Å²) in [6, 6.07) is 8.60. The summed E-state index contributed by atoms with van der Waals surface area (Å²) >= 11 is 0. The van der Waals surface area contributed by atoms with Crippen LogP contribution < -0.4 is 15.6 Å². The number of carbonyl (C=O) groups excluding carboxylic acids is 1. The minimum absolute atomic E-state index is 0.0259. The van der Waals surface area contributed by atoms with Crippen LogP contribution in [-0.4, -0.2) is 36.5 Å². The molecule has 3 aromatic rings. The van der Waals surface area contributed by atoms with E-state index < -0.39 is 17.0 Å². The van der Waals surface area contributed by atoms with Crippen LogP contribution in [0.2, 0.25) is 0 Å². The molecule has 5 nitrogen and oxygen atoms in total. The topological polar surface area (TPSA) is 54.3 Å². The summed E-state index contributed by atoms with van der Waals surface area (Å²) in [5, 5.41) is 3.42. The van der Waals surface area contributed by atoms with Crippen molar-refractivity contribution in [2.75, 3.05) is 31.1 Å². The highest BCUT2D eigenvalue weighted by Crippen LogP contribution is 2.26. The minimum Gasteiger partial charge on any atom is -0.367 e. The second-order valence-corrected chi connectivity index (χ2v) is 7.46. The van der Waals surface area contributed by atoms with Crippen LogP contribution in [0.1, 0.15) is 22.8 Å². The lowest BCUT2D eigenvalue weighted by Crippen LogP contribution is -2.43. The van der Waals surface area contributed by atoms with Gasteiger partial charge in [-0.3, -0.25) is 9.59 Å². The Morgan fingerprint density at radius 1 is 1.13 bits per heavy atom. The van der Waals surface area contributed by atoms with E-state index in [-0.39, 0.29) is 16.8 Å². The van der Waals surface area contributed by atoms with Gasteiger partial charge in [-0.05, 0) is 42.8 Å². The van der Waals surface area contributed by atoms with E-state index in [9.17, 15) is 18.4 Å². The van der Waals surface area contributed by atoms with Crippen LogP contribution in [0.3, 0.4) is 0 Å². The summed E-state index contributed by atoms with van der Waals surface area (Å²) in [6.07, 6.45) is 4.33. The van der Waals surface area contributed by atoms with Gasteiger partial charge in [-0.15, -0.1) is 0 Å². The second kappa shape index (κ2) is 8.81. The van der Waals surface area contributed by atoms with Crippen molar-refractivity contribution in [3.63, 3.8) is 0 Å². The number of nitrogens with zero attached hydrogens (tertiary/aromatic N) is 2. The summed E-state index contributed by atoms with van der Waals surface area (Å²) in [7, 11) is 0. The predicted octanol–water partition coefficient (Wildman–Crippen LogP) is 3.61. The molecule has 0 spiro atoms. The SMILES string of the molecule is CCn1cc(C(=O)/C=C/c2ccc(F)cc2)c(=O)c2cc(F)c(N3CCNCC3)cc21. The van der Waals surface area contributed by atoms with Crippen molar-refractivity contribution < 1.29 is 13.6 Å². The average Bonchev–Trinajstić information content (AvgIpc) is 2.79. The zero-order valence-electron chi connectivity index (χ0n) is 17.2. The van der Waals surface area contributed by atoms with Crippen LogP contribution in [0.25, 0.3) is 17.0 Å². The maximum atomic E-state index is 14.9. The highest BCUT2D eigenvalue weighted by Gasteiger charge is 2.19. The molecule has 0 amide bonds. The van der Waals surface area contributed by atoms with Crippen LogP contribution in [0.4, 0.5) is 14.5 Å². The summed E-state index contributed by atoms with van der Waals surface area (Å²) in [4.78, 5) is 27.7. The number of benzene rings is 2. The number of ketones is 1. The fourth-order valence-corrected chi connectivity index (χ4v) is 3.82. The molecule has 1 saturated heterocycles. The van der Waals surface area contributed by atoms with Crippen LogP contribution in [0.5, 0.6) is 0 Å². The molecule has 0 saturated carbocycles. The van der Waals surface area contributed by atoms with Gasteiger partial charge < -0.3 is 14.8 Å². The number of aromatic nitrogens is 1. The number of rotatable bonds is 5. The number of nitrogens with one attached hydrogen (secondary N) is 1. The van der Waals surface area contributed by atoms with Crippen molar-refractivity contribution in [2.24, 2.45) is 0 Å². The van der Waals surface area contributed by atoms with Gasteiger partial charge in [-0.25, -0.2) is 8.78 Å². The lowest BCUT2D eigenvalue weighted by molar-refractivity contribution is 0.104. The number of fused-ring (bicyclic) bond motifs is 1. The molecule has 1 aromatic heterocycles. The zero-order valence-corrected chi connectivity index (χ0v) is 17.2. The van der Waals surface area contributed by atoms with Gasteiger partial charge in [-0.2, -0.15) is 0 Å². The normalized spacial score (nSPS) is 14.5. The molecule has 0 unspecified atom stereocenters. The van der Waals surface area contributed by atoms with Crippen molar-refractivity contribution in [2.45, 2.75) is 13.5 Å². The van der Waals surface area contributed by atoms with Gasteiger partial charge in [0.05, 0.1) is 16.8 Å². The van der Waals surface area contributed by atoms with E-state index in [1.807, 2.05) is 11.8 Å². The Bertz CT molecular complexity index is 1210. The maximum absolute atomic E-state index is 14.9. The van der Waals surface area contributed by atoms with E-state index >= 15 is 0 Å². The van der Waals surface area contributed by atoms with Crippen LogP contribution in [-0.2, 0) is 6.54 Å². The molecule has 0 atom stereocenters. The van der Waals surface area contributed by atoms with Crippen LogP contribution in [0, 0.1) is 11.6 Å². The summed E-state index contributed by atoms with van der Waals surface area (Å²) in [6.45, 7) is 5.33. The highest BCUT2D eigenvalue weighted by atomic mass is 19.1. The number of allylic oxidation sites excluding steroid dienone is 1. The standard InChI is InChI=1S/C24H23F2N3O2/c1-2-28-15-19(23(30)8-5-16-3-6-17(25)7-4-16)24(31)18-13-20(26)22(14-21(18)28)29-11-9-27-10-12-29/h3-8,13-15,27H,2,9-12H2,1H3/b8-5+. The van der Waals surface area contributed by atoms with E-state index in [4.69, 9.17) is 0 Å². The Labute approximate surface area is 178 Å². The van der Waals surface area contributed by atoms with E-state index in [0.29, 0.717) is 36.4 Å². The van der Waals surface area contributed by atoms with Gasteiger partial charge in [0.1, 0.15) is 11.6 Å². The molecule has 0 aliphatic carbocycles. The highest BCUT2D eigenvalue weighted by molar-refractivity contribution is 6.08. The lowest BCUT2D eigenvalue weighted by atomic mass is 10.1. The maximum Gasteiger partial charge on any atom is 0.200 e. The number of carbonyl (C=O) groups is 1. The molecule has 160 valence electrons. The molecule has 2 aromatic carbocycles. The quantitative estimate of drug-likeness (QED) is 0.503. The first kappa shape index (κ1) is 20.9. The number of halogens is 2. The average molecular weight is 423 g/mol. The Morgan fingerprint density at radius 3 is 2.52 bits per heavy atom. The summed E-state index contributed by atoms with van der Waals surface area (Å²) in [5.41, 5.74) is 1.17. The largest absolute Gasteiger partial charge is 0.367 e. The van der Waals surface area contributed by atoms with Crippen molar-refractivity contribution in [1.82, 2.24) is 9.88 Å². The molecule has 1 aliphatic heterocycles. The molecule has 1 aliphatic rings. The van der Waals surface area contributed by atoms with Gasteiger partial charge in [0.15, 0.2) is 5.78 Å². The van der Waals surface area contributed by atoms with Crippen molar-refractivity contribution >= 4 is 28.4 Å². The first-order valence-corrected chi connectivity index (χ1v) is 10.3. The molecule has 2 heterocycles. The predicted molar refractivity (Wildman–Crippen MR) is 119 cm³/mol. The molecule has 0 radical (unpaired) electrons. The number of hydrogen-bond donors (Lipinski definition) is 1. The van der Waals surface area contributed by atoms with Gasteiger partial charge >= 0.3 is 0 Å². The summed E-state index contributed by atoms with van der Waals surface area (Å²) < 4.78 is 29.8. The minimum atomic E-state index is -0.501. The first-order chi connectivity index (χ1) is 15.0. The zero-order chi connectivity index (χ0) is 22.0. The number of aryl methyl sites for hydroxylation is 1. The van der Waals surface area contributed by atoms with Crippen molar-refractivity contribution in [3.8, 4) is 0 Å². The molecular weight excluding hydrogens is 400 g/mol. The van der Waals surface area contributed by atoms with Crippen molar-refractivity contribution in [3.05, 3.63) is 81.7 Å². The molecule has 31 heavy (non-hydrogen) atoms. The number of anilines is 1. The monoisotopic (exact) mass is 423 g/mol. The first-order valence-electron chi connectivity index (χ1n) is 10.3. The van der Waals surface area contributed by atoms with Crippen LogP contribution in [0.15, 0.2) is 53.5 Å². The van der Waals surface area contributed by atoms with Crippen molar-refractivity contribution in [1.29, 1.82) is 0 Å². The third-order valence-electron chi connectivity index (χ3n) is 5.51. The fourth-order valence-electron chi connectivity index (χ4n) is 3.82. The fraction of sp³-hybridized carbons (Fsp3) is 0.250. The molecule has 4 rings (SSSR count). The Hall–Kier alpha value is -3.32. The van der Waals surface area contributed by atoms with E-state index in [2.05, 4.69) is 5.32 Å². The van der Waals surface area contributed by atoms with Gasteiger partial charge in [-0.1, -0.05) is 18.2 Å². The Morgan fingerprint density at radius 2 is 1.84 bits per heavy atom. The molecule has 7 heteroatoms. The Balaban J connectivity index is 1.75. The smallest absolute Gasteiger partial charge is 0.200 e. The van der Waals surface area contributed by atoms with E-state index in [1.165, 1.54) is 48.7 Å². The lowest BCUT2D eigenvalue weighted by Gasteiger charge is -2.30. The number of hydrogen-bond acceptors (Lipinski definition) is 4.